The molecule has 0 amide bonds. The molecule has 0 heterocycles. The molecule has 0 fully saturated rings. The molecule has 0 aliphatic rings. The first-order valence-corrected chi connectivity index (χ1v) is 4.45. The predicted octanol–water partition coefficient (Wildman–Crippen LogP) is 1.50. The molecule has 15 heavy (non-hydrogen) atoms. The topological polar surface area (TPSA) is 63.6 Å². The molecule has 4 heteroatoms. The maximum Gasteiger partial charge on any atom is 0.355 e. The summed E-state index contributed by atoms with van der Waals surface area (Å²) in [6.45, 7) is 2.43. The number of Topliss-reactive ketones (excluding diaryl/α,β-unsaturated/α-hetero) is 1. The molecule has 1 aromatic carbocycles. The Hall–Kier alpha value is -1.84. The maximum absolute atomic E-state index is 11.2. The van der Waals surface area contributed by atoms with E-state index in [-0.39, 0.29) is 0 Å². The third-order valence-electron chi connectivity index (χ3n) is 2.15. The van der Waals surface area contributed by atoms with Crippen molar-refractivity contribution in [1.82, 2.24) is 0 Å². The highest BCUT2D eigenvalue weighted by molar-refractivity contribution is 6.05. The van der Waals surface area contributed by atoms with Crippen LogP contribution in [-0.2, 0) is 9.59 Å². The van der Waals surface area contributed by atoms with Crippen LogP contribution in [-0.4, -0.2) is 22.5 Å². The minimum atomic E-state index is -1.82. The van der Waals surface area contributed by atoms with E-state index >= 15 is 0 Å². The van der Waals surface area contributed by atoms with Gasteiger partial charge in [-0.2, -0.15) is 0 Å². The Morgan fingerprint density at radius 1 is 1.27 bits per heavy atom. The molecular formula is C11H12O4. The van der Waals surface area contributed by atoms with Gasteiger partial charge in [-0.05, 0) is 26.0 Å². The van der Waals surface area contributed by atoms with E-state index in [0.29, 0.717) is 5.75 Å². The van der Waals surface area contributed by atoms with Gasteiger partial charge in [0.05, 0.1) is 0 Å². The largest absolute Gasteiger partial charge is 0.478 e. The van der Waals surface area contributed by atoms with Crippen molar-refractivity contribution in [2.24, 2.45) is 0 Å². The SMILES string of the molecule is CC(=O)C(C)(Oc1ccccc1)C(=O)O. The number of aliphatic carboxylic acids is 1. The first-order valence-electron chi connectivity index (χ1n) is 4.45. The lowest BCUT2D eigenvalue weighted by Gasteiger charge is -2.23. The standard InChI is InChI=1S/C11H12O4/c1-8(12)11(2,10(13)14)15-9-6-4-3-5-7-9/h3-7H,1-2H3,(H,13,14). The van der Waals surface area contributed by atoms with Crippen molar-refractivity contribution in [3.8, 4) is 5.75 Å². The minimum absolute atomic E-state index is 0.359. The first-order chi connectivity index (χ1) is 6.97. The van der Waals surface area contributed by atoms with E-state index < -0.39 is 17.4 Å². The second-order valence-electron chi connectivity index (χ2n) is 3.31. The van der Waals surface area contributed by atoms with Crippen LogP contribution >= 0.6 is 0 Å². The van der Waals surface area contributed by atoms with Gasteiger partial charge in [0.25, 0.3) is 5.60 Å². The first kappa shape index (κ1) is 11.2. The molecule has 80 valence electrons. The van der Waals surface area contributed by atoms with Crippen molar-refractivity contribution in [3.05, 3.63) is 30.3 Å². The molecule has 0 spiro atoms. The Morgan fingerprint density at radius 3 is 2.20 bits per heavy atom. The number of ether oxygens (including phenoxy) is 1. The van der Waals surface area contributed by atoms with Gasteiger partial charge in [0.2, 0.25) is 0 Å². The molecule has 0 aliphatic heterocycles. The fourth-order valence-electron chi connectivity index (χ4n) is 0.990. The average molecular weight is 208 g/mol. The van der Waals surface area contributed by atoms with E-state index in [0.717, 1.165) is 0 Å². The number of hydrogen-bond acceptors (Lipinski definition) is 3. The molecule has 0 radical (unpaired) electrons. The lowest BCUT2D eigenvalue weighted by molar-refractivity contribution is -0.159. The third-order valence-corrected chi connectivity index (χ3v) is 2.15. The van der Waals surface area contributed by atoms with Gasteiger partial charge in [-0.1, -0.05) is 18.2 Å². The minimum Gasteiger partial charge on any atom is -0.478 e. The van der Waals surface area contributed by atoms with Gasteiger partial charge in [-0.25, -0.2) is 4.79 Å². The lowest BCUT2D eigenvalue weighted by Crippen LogP contribution is -2.47. The van der Waals surface area contributed by atoms with E-state index in [1.807, 2.05) is 0 Å². The van der Waals surface area contributed by atoms with Crippen molar-refractivity contribution in [3.63, 3.8) is 0 Å². The smallest absolute Gasteiger partial charge is 0.355 e. The summed E-state index contributed by atoms with van der Waals surface area (Å²) in [4.78, 5) is 22.1. The molecular weight excluding hydrogens is 196 g/mol. The van der Waals surface area contributed by atoms with Gasteiger partial charge >= 0.3 is 5.97 Å². The number of carboxylic acids is 1. The van der Waals surface area contributed by atoms with Gasteiger partial charge in [0, 0.05) is 0 Å². The van der Waals surface area contributed by atoms with E-state index in [1.165, 1.54) is 13.8 Å². The molecule has 0 aliphatic carbocycles. The highest BCUT2D eigenvalue weighted by Gasteiger charge is 2.41. The number of rotatable bonds is 4. The second kappa shape index (κ2) is 4.13. The summed E-state index contributed by atoms with van der Waals surface area (Å²) in [5.41, 5.74) is -1.82. The van der Waals surface area contributed by atoms with Gasteiger partial charge < -0.3 is 9.84 Å². The van der Waals surface area contributed by atoms with Crippen LogP contribution in [0, 0.1) is 0 Å². The van der Waals surface area contributed by atoms with Crippen LogP contribution in [0.25, 0.3) is 0 Å². The van der Waals surface area contributed by atoms with Crippen LogP contribution in [0.2, 0.25) is 0 Å². The Bertz CT molecular complexity index is 355. The number of carboxylic acid groups (broad SMARTS) is 1. The quantitative estimate of drug-likeness (QED) is 0.761. The summed E-state index contributed by atoms with van der Waals surface area (Å²) in [5, 5.41) is 8.92. The van der Waals surface area contributed by atoms with E-state index in [4.69, 9.17) is 9.84 Å². The van der Waals surface area contributed by atoms with Crippen molar-refractivity contribution in [1.29, 1.82) is 0 Å². The Balaban J connectivity index is 2.95. The fraction of sp³-hybridized carbons (Fsp3) is 0.273. The molecule has 4 nitrogen and oxygen atoms in total. The van der Waals surface area contributed by atoms with Crippen molar-refractivity contribution >= 4 is 11.8 Å². The van der Waals surface area contributed by atoms with Crippen LogP contribution in [0.3, 0.4) is 0 Å². The predicted molar refractivity (Wildman–Crippen MR) is 53.8 cm³/mol. The zero-order valence-corrected chi connectivity index (χ0v) is 8.56. The van der Waals surface area contributed by atoms with Crippen LogP contribution in [0.4, 0.5) is 0 Å². The number of benzene rings is 1. The number of ketones is 1. The monoisotopic (exact) mass is 208 g/mol. The summed E-state index contributed by atoms with van der Waals surface area (Å²) >= 11 is 0. The normalized spacial score (nSPS) is 14.0. The summed E-state index contributed by atoms with van der Waals surface area (Å²) in [5.74, 6) is -1.48. The number of carbonyl (C=O) groups excluding carboxylic acids is 1. The summed E-state index contributed by atoms with van der Waals surface area (Å²) in [6.07, 6.45) is 0. The molecule has 1 N–H and O–H groups in total. The number of para-hydroxylation sites is 1. The number of hydrogen-bond donors (Lipinski definition) is 1. The molecule has 1 unspecified atom stereocenters. The average Bonchev–Trinajstić information content (AvgIpc) is 2.18. The van der Waals surface area contributed by atoms with Crippen LogP contribution in [0.15, 0.2) is 30.3 Å². The van der Waals surface area contributed by atoms with Crippen molar-refractivity contribution in [2.75, 3.05) is 0 Å². The van der Waals surface area contributed by atoms with Gasteiger partial charge in [-0.15, -0.1) is 0 Å². The van der Waals surface area contributed by atoms with E-state index in [9.17, 15) is 9.59 Å². The van der Waals surface area contributed by atoms with Crippen LogP contribution in [0.1, 0.15) is 13.8 Å². The van der Waals surface area contributed by atoms with E-state index in [1.54, 1.807) is 30.3 Å². The molecule has 1 rings (SSSR count). The number of carbonyl (C=O) groups is 2. The molecule has 0 aromatic heterocycles. The van der Waals surface area contributed by atoms with E-state index in [2.05, 4.69) is 0 Å². The highest BCUT2D eigenvalue weighted by atomic mass is 16.5. The maximum atomic E-state index is 11.2. The highest BCUT2D eigenvalue weighted by Crippen LogP contribution is 2.19. The van der Waals surface area contributed by atoms with Crippen molar-refractivity contribution < 1.29 is 19.4 Å². The van der Waals surface area contributed by atoms with Gasteiger partial charge in [-0.3, -0.25) is 4.79 Å². The molecule has 0 bridgehead atoms. The zero-order chi connectivity index (χ0) is 11.5. The Kier molecular flexibility index (Phi) is 3.09. The second-order valence-corrected chi connectivity index (χ2v) is 3.31. The van der Waals surface area contributed by atoms with Gasteiger partial charge in [0.1, 0.15) is 5.75 Å². The van der Waals surface area contributed by atoms with Crippen LogP contribution < -0.4 is 4.74 Å². The fourth-order valence-corrected chi connectivity index (χ4v) is 0.990. The molecule has 1 aromatic rings. The van der Waals surface area contributed by atoms with Crippen LogP contribution in [0.5, 0.6) is 5.75 Å². The van der Waals surface area contributed by atoms with Crippen molar-refractivity contribution in [2.45, 2.75) is 19.4 Å². The zero-order valence-electron chi connectivity index (χ0n) is 8.56. The molecule has 1 atom stereocenters. The summed E-state index contributed by atoms with van der Waals surface area (Å²) in [7, 11) is 0. The molecule has 0 saturated carbocycles. The Labute approximate surface area is 87.5 Å². The third kappa shape index (κ3) is 2.34. The summed E-state index contributed by atoms with van der Waals surface area (Å²) in [6, 6.07) is 8.39. The lowest BCUT2D eigenvalue weighted by atomic mass is 10.0. The Morgan fingerprint density at radius 2 is 1.80 bits per heavy atom. The molecule has 0 saturated heterocycles. The van der Waals surface area contributed by atoms with Gasteiger partial charge in [0.15, 0.2) is 5.78 Å². The summed E-state index contributed by atoms with van der Waals surface area (Å²) < 4.78 is 5.18.